The molecule has 0 aliphatic rings. The Morgan fingerprint density at radius 2 is 2.08 bits per heavy atom. The van der Waals surface area contributed by atoms with Crippen LogP contribution in [-0.4, -0.2) is 40.4 Å². The van der Waals surface area contributed by atoms with Crippen molar-refractivity contribution in [1.82, 2.24) is 15.1 Å². The highest BCUT2D eigenvalue weighted by molar-refractivity contribution is 5.76. The zero-order valence-electron chi connectivity index (χ0n) is 13.4. The van der Waals surface area contributed by atoms with E-state index in [9.17, 15) is 18.8 Å². The van der Waals surface area contributed by atoms with Crippen LogP contribution < -0.4 is 15.6 Å². The van der Waals surface area contributed by atoms with E-state index in [1.807, 2.05) is 0 Å². The molecule has 0 atom stereocenters. The van der Waals surface area contributed by atoms with Crippen LogP contribution in [0.2, 0.25) is 0 Å². The Morgan fingerprint density at radius 1 is 1.32 bits per heavy atom. The van der Waals surface area contributed by atoms with Gasteiger partial charge >= 0.3 is 5.97 Å². The Bertz CT molecular complexity index is 850. The lowest BCUT2D eigenvalue weighted by Gasteiger charge is -2.10. The van der Waals surface area contributed by atoms with Crippen LogP contribution in [0.5, 0.6) is 5.75 Å². The topological polar surface area (TPSA) is 111 Å². The summed E-state index contributed by atoms with van der Waals surface area (Å²) in [5.41, 5.74) is 0.289. The zero-order chi connectivity index (χ0) is 18.4. The van der Waals surface area contributed by atoms with Gasteiger partial charge in [0.05, 0.1) is 19.2 Å². The molecule has 2 N–H and O–H groups in total. The van der Waals surface area contributed by atoms with Gasteiger partial charge in [0, 0.05) is 24.2 Å². The van der Waals surface area contributed by atoms with Gasteiger partial charge < -0.3 is 15.2 Å². The van der Waals surface area contributed by atoms with Crippen molar-refractivity contribution in [2.75, 3.05) is 13.7 Å². The minimum Gasteiger partial charge on any atom is -0.496 e. The molecule has 132 valence electrons. The SMILES string of the molecule is COc1cc(F)ccc1-c1ccc(=O)n(CC(=O)NCCC(=O)O)n1. The van der Waals surface area contributed by atoms with Crippen LogP contribution in [-0.2, 0) is 16.1 Å². The number of carbonyl (C=O) groups excluding carboxylic acids is 1. The number of rotatable bonds is 7. The molecule has 25 heavy (non-hydrogen) atoms. The van der Waals surface area contributed by atoms with Gasteiger partial charge in [-0.3, -0.25) is 14.4 Å². The van der Waals surface area contributed by atoms with Crippen molar-refractivity contribution in [3.8, 4) is 17.0 Å². The number of aromatic nitrogens is 2. The van der Waals surface area contributed by atoms with Gasteiger partial charge in [-0.2, -0.15) is 5.10 Å². The number of carboxylic acids is 1. The number of ether oxygens (including phenoxy) is 1. The highest BCUT2D eigenvalue weighted by atomic mass is 19.1. The molecule has 0 spiro atoms. The Hall–Kier alpha value is -3.23. The van der Waals surface area contributed by atoms with Crippen LogP contribution in [0.3, 0.4) is 0 Å². The molecular formula is C16H16FN3O5. The molecule has 0 saturated carbocycles. The summed E-state index contributed by atoms with van der Waals surface area (Å²) in [6.07, 6.45) is -0.221. The van der Waals surface area contributed by atoms with Crippen LogP contribution in [0.4, 0.5) is 4.39 Å². The summed E-state index contributed by atoms with van der Waals surface area (Å²) in [5.74, 6) is -1.82. The molecule has 2 aromatic rings. The van der Waals surface area contributed by atoms with Crippen LogP contribution in [0.25, 0.3) is 11.3 Å². The number of nitrogens with zero attached hydrogens (tertiary/aromatic N) is 2. The Balaban J connectivity index is 2.22. The average molecular weight is 349 g/mol. The molecule has 2 rings (SSSR count). The van der Waals surface area contributed by atoms with Crippen molar-refractivity contribution in [1.29, 1.82) is 0 Å². The molecule has 1 heterocycles. The molecule has 8 nitrogen and oxygen atoms in total. The fourth-order valence-corrected chi connectivity index (χ4v) is 2.08. The number of hydrogen-bond donors (Lipinski definition) is 2. The number of benzene rings is 1. The highest BCUT2D eigenvalue weighted by Crippen LogP contribution is 2.28. The molecule has 9 heteroatoms. The van der Waals surface area contributed by atoms with Crippen molar-refractivity contribution >= 4 is 11.9 Å². The van der Waals surface area contributed by atoms with Crippen LogP contribution >= 0.6 is 0 Å². The lowest BCUT2D eigenvalue weighted by Crippen LogP contribution is -2.34. The largest absolute Gasteiger partial charge is 0.496 e. The summed E-state index contributed by atoms with van der Waals surface area (Å²) in [7, 11) is 1.38. The second-order valence-corrected chi connectivity index (χ2v) is 5.05. The molecule has 1 amide bonds. The van der Waals surface area contributed by atoms with Gasteiger partial charge in [-0.15, -0.1) is 0 Å². The minimum absolute atomic E-state index is 0.0472. The van der Waals surface area contributed by atoms with Gasteiger partial charge in [0.25, 0.3) is 5.56 Å². The average Bonchev–Trinajstić information content (AvgIpc) is 2.56. The van der Waals surface area contributed by atoms with Crippen molar-refractivity contribution in [2.24, 2.45) is 0 Å². The molecule has 0 saturated heterocycles. The third kappa shape index (κ3) is 4.87. The zero-order valence-corrected chi connectivity index (χ0v) is 13.4. The van der Waals surface area contributed by atoms with Crippen molar-refractivity contribution in [2.45, 2.75) is 13.0 Å². The molecule has 0 aliphatic carbocycles. The van der Waals surface area contributed by atoms with E-state index in [4.69, 9.17) is 9.84 Å². The Kier molecular flexibility index (Phi) is 5.83. The first-order valence-electron chi connectivity index (χ1n) is 7.31. The number of halogens is 1. The maximum absolute atomic E-state index is 13.3. The van der Waals surface area contributed by atoms with E-state index in [2.05, 4.69) is 10.4 Å². The number of carboxylic acid groups (broad SMARTS) is 1. The number of carbonyl (C=O) groups is 2. The van der Waals surface area contributed by atoms with E-state index < -0.39 is 23.3 Å². The first kappa shape index (κ1) is 18.1. The van der Waals surface area contributed by atoms with E-state index in [-0.39, 0.29) is 25.3 Å². The number of hydrogen-bond acceptors (Lipinski definition) is 5. The van der Waals surface area contributed by atoms with E-state index >= 15 is 0 Å². The smallest absolute Gasteiger partial charge is 0.305 e. The molecule has 0 fully saturated rings. The van der Waals surface area contributed by atoms with E-state index in [1.54, 1.807) is 0 Å². The summed E-state index contributed by atoms with van der Waals surface area (Å²) < 4.78 is 19.3. The van der Waals surface area contributed by atoms with Crippen molar-refractivity contribution < 1.29 is 23.8 Å². The summed E-state index contributed by atoms with van der Waals surface area (Å²) in [6.45, 7) is -0.413. The van der Waals surface area contributed by atoms with E-state index in [0.717, 1.165) is 4.68 Å². The third-order valence-corrected chi connectivity index (χ3v) is 3.26. The molecule has 1 aromatic carbocycles. The van der Waals surface area contributed by atoms with Crippen molar-refractivity contribution in [3.05, 3.63) is 46.5 Å². The van der Waals surface area contributed by atoms with E-state index in [0.29, 0.717) is 11.3 Å². The van der Waals surface area contributed by atoms with Gasteiger partial charge in [-0.05, 0) is 18.2 Å². The van der Waals surface area contributed by atoms with E-state index in [1.165, 1.54) is 37.4 Å². The highest BCUT2D eigenvalue weighted by Gasteiger charge is 2.12. The van der Waals surface area contributed by atoms with Crippen LogP contribution in [0.1, 0.15) is 6.42 Å². The summed E-state index contributed by atoms with van der Waals surface area (Å²) in [5, 5.41) is 15.0. The predicted octanol–water partition coefficient (Wildman–Crippen LogP) is 0.649. The minimum atomic E-state index is -1.04. The molecule has 0 radical (unpaired) electrons. The number of methoxy groups -OCH3 is 1. The van der Waals surface area contributed by atoms with Crippen LogP contribution in [0, 0.1) is 5.82 Å². The number of aliphatic carboxylic acids is 1. The number of amides is 1. The lowest BCUT2D eigenvalue weighted by atomic mass is 10.1. The molecule has 0 aliphatic heterocycles. The van der Waals surface area contributed by atoms with Gasteiger partial charge in [-0.25, -0.2) is 9.07 Å². The van der Waals surface area contributed by atoms with Gasteiger partial charge in [0.15, 0.2) is 0 Å². The number of nitrogens with one attached hydrogen (secondary N) is 1. The monoisotopic (exact) mass is 349 g/mol. The Labute approximate surface area is 141 Å². The van der Waals surface area contributed by atoms with Crippen LogP contribution in [0.15, 0.2) is 35.1 Å². The van der Waals surface area contributed by atoms with Gasteiger partial charge in [0.2, 0.25) is 5.91 Å². The van der Waals surface area contributed by atoms with Gasteiger partial charge in [0.1, 0.15) is 18.1 Å². The standard InChI is InChI=1S/C16H16FN3O5/c1-25-13-8-10(17)2-3-11(13)12-4-5-15(22)20(19-12)9-14(21)18-7-6-16(23)24/h2-5,8H,6-7,9H2,1H3,(H,18,21)(H,23,24). The molecule has 0 bridgehead atoms. The maximum atomic E-state index is 13.3. The summed E-state index contributed by atoms with van der Waals surface area (Å²) >= 11 is 0. The van der Waals surface area contributed by atoms with Gasteiger partial charge in [-0.1, -0.05) is 0 Å². The second kappa shape index (κ2) is 8.04. The second-order valence-electron chi connectivity index (χ2n) is 5.05. The summed E-state index contributed by atoms with van der Waals surface area (Å²) in [4.78, 5) is 34.1. The maximum Gasteiger partial charge on any atom is 0.305 e. The lowest BCUT2D eigenvalue weighted by molar-refractivity contribution is -0.136. The first-order valence-corrected chi connectivity index (χ1v) is 7.31. The molecule has 1 aromatic heterocycles. The quantitative estimate of drug-likeness (QED) is 0.759. The molecule has 0 unspecified atom stereocenters. The third-order valence-electron chi connectivity index (χ3n) is 3.26. The fourth-order valence-electron chi connectivity index (χ4n) is 2.08. The Morgan fingerprint density at radius 3 is 2.76 bits per heavy atom. The van der Waals surface area contributed by atoms with Crippen molar-refractivity contribution in [3.63, 3.8) is 0 Å². The predicted molar refractivity (Wildman–Crippen MR) is 85.7 cm³/mol. The molecular weight excluding hydrogens is 333 g/mol. The summed E-state index contributed by atoms with van der Waals surface area (Å²) in [6, 6.07) is 6.55. The normalized spacial score (nSPS) is 10.3. The fraction of sp³-hybridized carbons (Fsp3) is 0.250. The first-order chi connectivity index (χ1) is 11.9.